The Morgan fingerprint density at radius 1 is 1.29 bits per heavy atom. The Morgan fingerprint density at radius 3 is 2.68 bits per heavy atom. The number of rotatable bonds is 6. The number of thioether (sulfide) groups is 1. The SMILES string of the molecule is CCn1c(S[C@H](C)C(=O)Nc2ccc(C#N)c(Cl)c2)nnc1-c1ccccc1. The average Bonchev–Trinajstić information content (AvgIpc) is 3.11. The molecule has 0 saturated carbocycles. The van der Waals surface area contributed by atoms with E-state index < -0.39 is 5.25 Å². The number of benzene rings is 2. The summed E-state index contributed by atoms with van der Waals surface area (Å²) in [6.45, 7) is 4.52. The van der Waals surface area contributed by atoms with Crippen molar-refractivity contribution in [3.63, 3.8) is 0 Å². The zero-order chi connectivity index (χ0) is 20.1. The normalized spacial score (nSPS) is 11.6. The zero-order valence-corrected chi connectivity index (χ0v) is 17.0. The van der Waals surface area contributed by atoms with Crippen molar-refractivity contribution in [2.45, 2.75) is 30.8 Å². The molecule has 8 heteroatoms. The number of aromatic nitrogens is 3. The molecule has 1 aromatic heterocycles. The van der Waals surface area contributed by atoms with Gasteiger partial charge < -0.3 is 9.88 Å². The Hall–Kier alpha value is -2.82. The highest BCUT2D eigenvalue weighted by Gasteiger charge is 2.20. The number of amides is 1. The molecule has 0 aliphatic rings. The van der Waals surface area contributed by atoms with E-state index in [1.54, 1.807) is 18.2 Å². The van der Waals surface area contributed by atoms with Crippen molar-refractivity contribution < 1.29 is 4.79 Å². The van der Waals surface area contributed by atoms with Gasteiger partial charge in [0.2, 0.25) is 5.91 Å². The summed E-state index contributed by atoms with van der Waals surface area (Å²) in [6, 6.07) is 16.6. The maximum Gasteiger partial charge on any atom is 0.237 e. The first kappa shape index (κ1) is 19.9. The molecule has 0 spiro atoms. The Balaban J connectivity index is 1.73. The summed E-state index contributed by atoms with van der Waals surface area (Å²) in [5.41, 5.74) is 1.89. The number of anilines is 1. The average molecular weight is 412 g/mol. The third kappa shape index (κ3) is 4.35. The van der Waals surface area contributed by atoms with Gasteiger partial charge >= 0.3 is 0 Å². The lowest BCUT2D eigenvalue weighted by molar-refractivity contribution is -0.115. The van der Waals surface area contributed by atoms with E-state index in [2.05, 4.69) is 15.5 Å². The van der Waals surface area contributed by atoms with E-state index in [9.17, 15) is 4.79 Å². The maximum absolute atomic E-state index is 12.6. The summed E-state index contributed by atoms with van der Waals surface area (Å²) in [4.78, 5) is 12.6. The molecule has 0 radical (unpaired) electrons. The first-order chi connectivity index (χ1) is 13.5. The summed E-state index contributed by atoms with van der Waals surface area (Å²) < 4.78 is 1.99. The third-order valence-electron chi connectivity index (χ3n) is 4.07. The van der Waals surface area contributed by atoms with Gasteiger partial charge in [-0.1, -0.05) is 53.7 Å². The van der Waals surface area contributed by atoms with Gasteiger partial charge in [-0.05, 0) is 32.0 Å². The fraction of sp³-hybridized carbons (Fsp3) is 0.200. The van der Waals surface area contributed by atoms with E-state index in [0.29, 0.717) is 28.0 Å². The van der Waals surface area contributed by atoms with Crippen LogP contribution in [-0.2, 0) is 11.3 Å². The van der Waals surface area contributed by atoms with Crippen LogP contribution >= 0.6 is 23.4 Å². The van der Waals surface area contributed by atoms with Crippen molar-refractivity contribution in [1.82, 2.24) is 14.8 Å². The lowest BCUT2D eigenvalue weighted by atomic mass is 10.2. The number of nitriles is 1. The van der Waals surface area contributed by atoms with E-state index in [1.165, 1.54) is 11.8 Å². The lowest BCUT2D eigenvalue weighted by Crippen LogP contribution is -2.23. The molecule has 142 valence electrons. The molecule has 3 aromatic rings. The molecule has 3 rings (SSSR count). The minimum absolute atomic E-state index is 0.183. The molecule has 28 heavy (non-hydrogen) atoms. The van der Waals surface area contributed by atoms with Crippen LogP contribution in [-0.4, -0.2) is 25.9 Å². The first-order valence-corrected chi connectivity index (χ1v) is 9.95. The summed E-state index contributed by atoms with van der Waals surface area (Å²) >= 11 is 7.36. The molecule has 6 nitrogen and oxygen atoms in total. The maximum atomic E-state index is 12.6. The number of nitrogens with one attached hydrogen (secondary N) is 1. The Kier molecular flexibility index (Phi) is 6.34. The van der Waals surface area contributed by atoms with E-state index in [-0.39, 0.29) is 5.91 Å². The molecule has 0 aliphatic carbocycles. The van der Waals surface area contributed by atoms with Crippen LogP contribution in [0.25, 0.3) is 11.4 Å². The minimum atomic E-state index is -0.396. The Morgan fingerprint density at radius 2 is 2.04 bits per heavy atom. The lowest BCUT2D eigenvalue weighted by Gasteiger charge is -2.13. The van der Waals surface area contributed by atoms with Gasteiger partial charge in [-0.25, -0.2) is 0 Å². The van der Waals surface area contributed by atoms with E-state index in [0.717, 1.165) is 11.4 Å². The first-order valence-electron chi connectivity index (χ1n) is 8.69. The van der Waals surface area contributed by atoms with Crippen molar-refractivity contribution in [3.8, 4) is 17.5 Å². The standard InChI is InChI=1S/C20H18ClN5OS/c1-3-26-18(14-7-5-4-6-8-14)24-25-20(26)28-13(2)19(27)23-16-10-9-15(12-22)17(21)11-16/h4-11,13H,3H2,1-2H3,(H,23,27)/t13-/m1/s1. The van der Waals surface area contributed by atoms with Gasteiger partial charge in [0, 0.05) is 17.8 Å². The number of halogens is 1. The second kappa shape index (κ2) is 8.91. The highest BCUT2D eigenvalue weighted by Crippen LogP contribution is 2.28. The fourth-order valence-corrected chi connectivity index (χ4v) is 3.74. The van der Waals surface area contributed by atoms with Gasteiger partial charge in [-0.3, -0.25) is 4.79 Å². The van der Waals surface area contributed by atoms with E-state index in [1.807, 2.05) is 54.8 Å². The van der Waals surface area contributed by atoms with Crippen LogP contribution in [0.2, 0.25) is 5.02 Å². The molecule has 0 fully saturated rings. The van der Waals surface area contributed by atoms with E-state index >= 15 is 0 Å². The second-order valence-corrected chi connectivity index (χ2v) is 7.69. The van der Waals surface area contributed by atoms with Gasteiger partial charge in [-0.15, -0.1) is 10.2 Å². The van der Waals surface area contributed by atoms with Crippen LogP contribution in [0.15, 0.2) is 53.7 Å². The molecule has 2 aromatic carbocycles. The molecule has 1 N–H and O–H groups in total. The molecular formula is C20H18ClN5OS. The predicted octanol–water partition coefficient (Wildman–Crippen LogP) is 4.61. The van der Waals surface area contributed by atoms with Crippen molar-refractivity contribution in [2.75, 3.05) is 5.32 Å². The van der Waals surface area contributed by atoms with Crippen molar-refractivity contribution in [2.24, 2.45) is 0 Å². The molecular weight excluding hydrogens is 394 g/mol. The summed E-state index contributed by atoms with van der Waals surface area (Å²) in [5.74, 6) is 0.592. The predicted molar refractivity (Wildman–Crippen MR) is 111 cm³/mol. The van der Waals surface area contributed by atoms with E-state index in [4.69, 9.17) is 16.9 Å². The van der Waals surface area contributed by atoms with Crippen LogP contribution < -0.4 is 5.32 Å². The summed E-state index contributed by atoms with van der Waals surface area (Å²) in [6.07, 6.45) is 0. The topological polar surface area (TPSA) is 83.6 Å². The molecule has 0 unspecified atom stereocenters. The summed E-state index contributed by atoms with van der Waals surface area (Å²) in [7, 11) is 0. The number of hydrogen-bond acceptors (Lipinski definition) is 5. The highest BCUT2D eigenvalue weighted by molar-refractivity contribution is 8.00. The molecule has 1 heterocycles. The number of nitrogens with zero attached hydrogens (tertiary/aromatic N) is 4. The molecule has 1 atom stereocenters. The quantitative estimate of drug-likeness (QED) is 0.599. The molecule has 0 saturated heterocycles. The molecule has 1 amide bonds. The van der Waals surface area contributed by atoms with Gasteiger partial charge in [0.25, 0.3) is 0 Å². The number of hydrogen-bond donors (Lipinski definition) is 1. The number of carbonyl (C=O) groups is 1. The molecule has 0 bridgehead atoms. The smallest absolute Gasteiger partial charge is 0.237 e. The fourth-order valence-electron chi connectivity index (χ4n) is 2.60. The monoisotopic (exact) mass is 411 g/mol. The third-order valence-corrected chi connectivity index (χ3v) is 5.47. The largest absolute Gasteiger partial charge is 0.325 e. The summed E-state index contributed by atoms with van der Waals surface area (Å²) in [5, 5.41) is 20.9. The second-order valence-electron chi connectivity index (χ2n) is 5.97. The minimum Gasteiger partial charge on any atom is -0.325 e. The molecule has 0 aliphatic heterocycles. The van der Waals surface area contributed by atoms with Crippen LogP contribution in [0.1, 0.15) is 19.4 Å². The van der Waals surface area contributed by atoms with Crippen molar-refractivity contribution in [1.29, 1.82) is 5.26 Å². The Bertz CT molecular complexity index is 1030. The zero-order valence-electron chi connectivity index (χ0n) is 15.4. The van der Waals surface area contributed by atoms with Crippen LogP contribution in [0, 0.1) is 11.3 Å². The van der Waals surface area contributed by atoms with Crippen molar-refractivity contribution >= 4 is 35.0 Å². The van der Waals surface area contributed by atoms with Gasteiger partial charge in [0.1, 0.15) is 6.07 Å². The van der Waals surface area contributed by atoms with Gasteiger partial charge in [0.05, 0.1) is 15.8 Å². The Labute approximate surface area is 172 Å². The van der Waals surface area contributed by atoms with Gasteiger partial charge in [0.15, 0.2) is 11.0 Å². The van der Waals surface area contributed by atoms with Crippen LogP contribution in [0.3, 0.4) is 0 Å². The number of carbonyl (C=O) groups excluding carboxylic acids is 1. The van der Waals surface area contributed by atoms with Crippen LogP contribution in [0.4, 0.5) is 5.69 Å². The van der Waals surface area contributed by atoms with Crippen LogP contribution in [0.5, 0.6) is 0 Å². The highest BCUT2D eigenvalue weighted by atomic mass is 35.5. The van der Waals surface area contributed by atoms with Crippen molar-refractivity contribution in [3.05, 3.63) is 59.1 Å². The van der Waals surface area contributed by atoms with Gasteiger partial charge in [-0.2, -0.15) is 5.26 Å².